The molecule has 1 aromatic heterocycles. The number of aliphatic hydroxyl groups excluding tert-OH is 3. The van der Waals surface area contributed by atoms with E-state index in [1.54, 1.807) is 0 Å². The number of hydrogen-bond donors (Lipinski definition) is 4. The monoisotopic (exact) mass is 274 g/mol. The minimum atomic E-state index is -1.36. The van der Waals surface area contributed by atoms with Gasteiger partial charge < -0.3 is 20.1 Å². The SMILES string of the molecule is C.Cc1cn([C@@H]2O[C@H](CO)[C@@H](O)[C@H]2O)c(=O)[nH]c1=O. The first-order chi connectivity index (χ1) is 8.45. The predicted molar refractivity (Wildman–Crippen MR) is 65.8 cm³/mol. The van der Waals surface area contributed by atoms with E-state index in [0.29, 0.717) is 0 Å². The average Bonchev–Trinajstić information content (AvgIpc) is 2.61. The molecule has 4 N–H and O–H groups in total. The van der Waals surface area contributed by atoms with E-state index in [9.17, 15) is 19.8 Å². The molecule has 19 heavy (non-hydrogen) atoms. The number of ether oxygens (including phenoxy) is 1. The van der Waals surface area contributed by atoms with Crippen LogP contribution in [-0.4, -0.2) is 49.8 Å². The van der Waals surface area contributed by atoms with E-state index in [2.05, 4.69) is 4.98 Å². The second-order valence-electron chi connectivity index (χ2n) is 4.21. The maximum atomic E-state index is 11.6. The van der Waals surface area contributed by atoms with Gasteiger partial charge in [-0.25, -0.2) is 4.79 Å². The number of aliphatic hydroxyl groups is 3. The molecule has 1 aliphatic rings. The van der Waals surface area contributed by atoms with Gasteiger partial charge in [-0.3, -0.25) is 14.3 Å². The normalized spacial score (nSPS) is 30.1. The number of nitrogens with zero attached hydrogens (tertiary/aromatic N) is 1. The van der Waals surface area contributed by atoms with Gasteiger partial charge in [0, 0.05) is 11.8 Å². The van der Waals surface area contributed by atoms with Crippen molar-refractivity contribution in [1.82, 2.24) is 9.55 Å². The van der Waals surface area contributed by atoms with Gasteiger partial charge in [0.05, 0.1) is 6.61 Å². The lowest BCUT2D eigenvalue weighted by atomic mass is 10.1. The zero-order chi connectivity index (χ0) is 13.4. The molecule has 8 nitrogen and oxygen atoms in total. The van der Waals surface area contributed by atoms with Crippen LogP contribution in [0.4, 0.5) is 0 Å². The Kier molecular flexibility index (Phi) is 4.64. The Labute approximate surface area is 108 Å². The van der Waals surface area contributed by atoms with Crippen molar-refractivity contribution < 1.29 is 20.1 Å². The summed E-state index contributed by atoms with van der Waals surface area (Å²) in [5.74, 6) is 0. The summed E-state index contributed by atoms with van der Waals surface area (Å²) in [4.78, 5) is 24.9. The first kappa shape index (κ1) is 15.6. The predicted octanol–water partition coefficient (Wildman–Crippen LogP) is -1.91. The van der Waals surface area contributed by atoms with E-state index in [-0.39, 0.29) is 13.0 Å². The number of rotatable bonds is 2. The molecule has 0 amide bonds. The Morgan fingerprint density at radius 2 is 2.00 bits per heavy atom. The highest BCUT2D eigenvalue weighted by Gasteiger charge is 2.43. The van der Waals surface area contributed by atoms with Crippen LogP contribution in [0.5, 0.6) is 0 Å². The molecule has 1 saturated heterocycles. The lowest BCUT2D eigenvalue weighted by Crippen LogP contribution is -2.38. The lowest BCUT2D eigenvalue weighted by Gasteiger charge is -2.17. The molecule has 0 radical (unpaired) electrons. The topological polar surface area (TPSA) is 125 Å². The number of aromatic nitrogens is 2. The molecule has 108 valence electrons. The van der Waals surface area contributed by atoms with Crippen LogP contribution < -0.4 is 11.2 Å². The van der Waals surface area contributed by atoms with Crippen molar-refractivity contribution in [2.75, 3.05) is 6.61 Å². The summed E-state index contributed by atoms with van der Waals surface area (Å²) in [6, 6.07) is 0. The summed E-state index contributed by atoms with van der Waals surface area (Å²) in [6.07, 6.45) is -3.52. The second-order valence-corrected chi connectivity index (χ2v) is 4.21. The van der Waals surface area contributed by atoms with Gasteiger partial charge in [-0.05, 0) is 6.92 Å². The van der Waals surface area contributed by atoms with Gasteiger partial charge in [0.25, 0.3) is 5.56 Å². The first-order valence-corrected chi connectivity index (χ1v) is 5.40. The summed E-state index contributed by atoms with van der Waals surface area (Å²) < 4.78 is 6.17. The number of H-pyrrole nitrogens is 1. The van der Waals surface area contributed by atoms with Crippen LogP contribution in [0.1, 0.15) is 19.2 Å². The van der Waals surface area contributed by atoms with Gasteiger partial charge in [0.15, 0.2) is 6.23 Å². The van der Waals surface area contributed by atoms with Crippen molar-refractivity contribution in [1.29, 1.82) is 0 Å². The van der Waals surface area contributed by atoms with Crippen LogP contribution in [0.3, 0.4) is 0 Å². The molecule has 1 aromatic rings. The third-order valence-electron chi connectivity index (χ3n) is 2.94. The van der Waals surface area contributed by atoms with Crippen LogP contribution in [-0.2, 0) is 4.74 Å². The van der Waals surface area contributed by atoms with E-state index < -0.39 is 42.4 Å². The number of aromatic amines is 1. The Bertz CT molecular complexity index is 551. The van der Waals surface area contributed by atoms with E-state index in [0.717, 1.165) is 4.57 Å². The maximum absolute atomic E-state index is 11.6. The van der Waals surface area contributed by atoms with Gasteiger partial charge in [0.1, 0.15) is 18.3 Å². The van der Waals surface area contributed by atoms with E-state index in [1.165, 1.54) is 13.1 Å². The third-order valence-corrected chi connectivity index (χ3v) is 2.94. The molecule has 1 fully saturated rings. The summed E-state index contributed by atoms with van der Waals surface area (Å²) in [5, 5.41) is 28.3. The van der Waals surface area contributed by atoms with E-state index in [1.807, 2.05) is 0 Å². The number of aryl methyl sites for hydroxylation is 1. The fraction of sp³-hybridized carbons (Fsp3) is 0.636. The van der Waals surface area contributed by atoms with Gasteiger partial charge in [-0.15, -0.1) is 0 Å². The quantitative estimate of drug-likeness (QED) is 0.499. The molecule has 8 heteroatoms. The molecule has 1 aliphatic heterocycles. The summed E-state index contributed by atoms with van der Waals surface area (Å²) in [7, 11) is 0. The van der Waals surface area contributed by atoms with Gasteiger partial charge in [0.2, 0.25) is 0 Å². The summed E-state index contributed by atoms with van der Waals surface area (Å²) in [5.41, 5.74) is -1.00. The molecule has 0 aromatic carbocycles. The van der Waals surface area contributed by atoms with Crippen molar-refractivity contribution in [2.45, 2.75) is 38.9 Å². The highest BCUT2D eigenvalue weighted by molar-refractivity contribution is 5.03. The zero-order valence-electron chi connectivity index (χ0n) is 9.61. The first-order valence-electron chi connectivity index (χ1n) is 5.40. The molecule has 0 spiro atoms. The Balaban J connectivity index is 0.00000180. The summed E-state index contributed by atoms with van der Waals surface area (Å²) >= 11 is 0. The molecule has 0 bridgehead atoms. The third kappa shape index (κ3) is 2.61. The Morgan fingerprint density at radius 3 is 2.53 bits per heavy atom. The molecular formula is C11H18N2O6. The minimum absolute atomic E-state index is 0. The molecule has 2 rings (SSSR count). The fourth-order valence-corrected chi connectivity index (χ4v) is 1.88. The minimum Gasteiger partial charge on any atom is -0.394 e. The van der Waals surface area contributed by atoms with Gasteiger partial charge in [-0.2, -0.15) is 0 Å². The Morgan fingerprint density at radius 1 is 1.37 bits per heavy atom. The van der Waals surface area contributed by atoms with Crippen LogP contribution in [0.2, 0.25) is 0 Å². The maximum Gasteiger partial charge on any atom is 0.330 e. The van der Waals surface area contributed by atoms with Crippen molar-refractivity contribution >= 4 is 0 Å². The van der Waals surface area contributed by atoms with Crippen LogP contribution in [0.15, 0.2) is 15.8 Å². The molecule has 0 unspecified atom stereocenters. The molecule has 4 atom stereocenters. The highest BCUT2D eigenvalue weighted by Crippen LogP contribution is 2.27. The molecular weight excluding hydrogens is 256 g/mol. The number of nitrogens with one attached hydrogen (secondary N) is 1. The smallest absolute Gasteiger partial charge is 0.330 e. The van der Waals surface area contributed by atoms with Gasteiger partial charge in [-0.1, -0.05) is 7.43 Å². The Hall–Kier alpha value is -1.48. The molecule has 0 saturated carbocycles. The van der Waals surface area contributed by atoms with Crippen molar-refractivity contribution in [3.8, 4) is 0 Å². The summed E-state index contributed by atoms with van der Waals surface area (Å²) in [6.45, 7) is 1.02. The van der Waals surface area contributed by atoms with Crippen LogP contribution >= 0.6 is 0 Å². The standard InChI is InChI=1S/C10H14N2O6.CH4/c1-4-2-12(10(17)11-8(4)16)9-7(15)6(14)5(3-13)18-9;/h2,5-7,9,13-15H,3H2,1H3,(H,11,16,17);1H4/t5-,6-,7-,9-;/m1./s1. The van der Waals surface area contributed by atoms with E-state index in [4.69, 9.17) is 9.84 Å². The van der Waals surface area contributed by atoms with Crippen molar-refractivity contribution in [3.63, 3.8) is 0 Å². The average molecular weight is 274 g/mol. The lowest BCUT2D eigenvalue weighted by molar-refractivity contribution is -0.0551. The van der Waals surface area contributed by atoms with Crippen molar-refractivity contribution in [2.24, 2.45) is 0 Å². The van der Waals surface area contributed by atoms with Gasteiger partial charge >= 0.3 is 5.69 Å². The van der Waals surface area contributed by atoms with Crippen LogP contribution in [0, 0.1) is 6.92 Å². The van der Waals surface area contributed by atoms with Crippen LogP contribution in [0.25, 0.3) is 0 Å². The fourth-order valence-electron chi connectivity index (χ4n) is 1.88. The molecule has 0 aliphatic carbocycles. The second kappa shape index (κ2) is 5.66. The number of hydrogen-bond acceptors (Lipinski definition) is 6. The van der Waals surface area contributed by atoms with E-state index >= 15 is 0 Å². The van der Waals surface area contributed by atoms with Crippen molar-refractivity contribution in [3.05, 3.63) is 32.6 Å². The highest BCUT2D eigenvalue weighted by atomic mass is 16.6. The molecule has 2 heterocycles. The largest absolute Gasteiger partial charge is 0.394 e. The zero-order valence-corrected chi connectivity index (χ0v) is 9.61.